The highest BCUT2D eigenvalue weighted by atomic mass is 16.7. The summed E-state index contributed by atoms with van der Waals surface area (Å²) in [6.07, 6.45) is 7.46. The van der Waals surface area contributed by atoms with Crippen LogP contribution in [0.5, 0.6) is 11.5 Å². The second-order valence-electron chi connectivity index (χ2n) is 8.45. The van der Waals surface area contributed by atoms with E-state index in [4.69, 9.17) is 14.2 Å². The maximum absolute atomic E-state index is 13.4. The molecule has 6 nitrogen and oxygen atoms in total. The first-order chi connectivity index (χ1) is 14.2. The SMILES string of the molecule is CCOC(=O)[C@@H]1C[C@H]1CN(Cc1ccc2c(c1)OCO2)C(=O)C1CCCCCC1. The molecular formula is C23H31NO5. The molecule has 2 fully saturated rings. The van der Waals surface area contributed by atoms with Crippen LogP contribution in [0.3, 0.4) is 0 Å². The van der Waals surface area contributed by atoms with E-state index < -0.39 is 0 Å². The van der Waals surface area contributed by atoms with Gasteiger partial charge in [0.2, 0.25) is 12.7 Å². The molecule has 0 saturated heterocycles. The summed E-state index contributed by atoms with van der Waals surface area (Å²) in [4.78, 5) is 27.4. The highest BCUT2D eigenvalue weighted by Crippen LogP contribution is 2.41. The molecule has 3 aliphatic rings. The number of benzene rings is 1. The number of nitrogens with zero attached hydrogens (tertiary/aromatic N) is 1. The van der Waals surface area contributed by atoms with Crippen molar-refractivity contribution in [2.24, 2.45) is 17.8 Å². The molecule has 1 heterocycles. The third kappa shape index (κ3) is 4.85. The average molecular weight is 402 g/mol. The maximum Gasteiger partial charge on any atom is 0.309 e. The molecule has 2 atom stereocenters. The molecule has 0 radical (unpaired) electrons. The molecule has 0 unspecified atom stereocenters. The fraction of sp³-hybridized carbons (Fsp3) is 0.652. The Bertz CT molecular complexity index is 741. The van der Waals surface area contributed by atoms with Crippen molar-refractivity contribution >= 4 is 11.9 Å². The molecule has 4 rings (SSSR count). The predicted molar refractivity (Wildman–Crippen MR) is 107 cm³/mol. The summed E-state index contributed by atoms with van der Waals surface area (Å²) in [5.41, 5.74) is 1.03. The molecule has 29 heavy (non-hydrogen) atoms. The van der Waals surface area contributed by atoms with Crippen LogP contribution in [0.2, 0.25) is 0 Å². The van der Waals surface area contributed by atoms with Crippen molar-refractivity contribution < 1.29 is 23.8 Å². The lowest BCUT2D eigenvalue weighted by Crippen LogP contribution is -2.37. The Labute approximate surface area is 172 Å². The van der Waals surface area contributed by atoms with Crippen LogP contribution in [0.25, 0.3) is 0 Å². The van der Waals surface area contributed by atoms with Gasteiger partial charge in [-0.2, -0.15) is 0 Å². The Hall–Kier alpha value is -2.24. The molecule has 0 bridgehead atoms. The summed E-state index contributed by atoms with van der Waals surface area (Å²) in [6.45, 7) is 3.64. The minimum Gasteiger partial charge on any atom is -0.466 e. The summed E-state index contributed by atoms with van der Waals surface area (Å²) < 4.78 is 16.1. The van der Waals surface area contributed by atoms with E-state index in [1.54, 1.807) is 0 Å². The minimum atomic E-state index is -0.123. The van der Waals surface area contributed by atoms with Gasteiger partial charge in [-0.15, -0.1) is 0 Å². The fourth-order valence-corrected chi connectivity index (χ4v) is 4.55. The first-order valence-electron chi connectivity index (χ1n) is 11.0. The van der Waals surface area contributed by atoms with Crippen LogP contribution in [0.4, 0.5) is 0 Å². The molecule has 1 aromatic carbocycles. The Morgan fingerprint density at radius 1 is 1.10 bits per heavy atom. The van der Waals surface area contributed by atoms with Crippen LogP contribution in [-0.4, -0.2) is 36.7 Å². The van der Waals surface area contributed by atoms with E-state index in [-0.39, 0.29) is 36.4 Å². The van der Waals surface area contributed by atoms with Crippen LogP contribution in [0.15, 0.2) is 18.2 Å². The molecule has 1 amide bonds. The van der Waals surface area contributed by atoms with Crippen LogP contribution in [0.1, 0.15) is 57.4 Å². The van der Waals surface area contributed by atoms with E-state index in [0.717, 1.165) is 49.2 Å². The van der Waals surface area contributed by atoms with Crippen LogP contribution < -0.4 is 9.47 Å². The van der Waals surface area contributed by atoms with Crippen molar-refractivity contribution in [1.29, 1.82) is 0 Å². The Morgan fingerprint density at radius 3 is 2.62 bits per heavy atom. The molecule has 0 aromatic heterocycles. The summed E-state index contributed by atoms with van der Waals surface area (Å²) >= 11 is 0. The van der Waals surface area contributed by atoms with Gasteiger partial charge in [-0.3, -0.25) is 9.59 Å². The number of hydrogen-bond donors (Lipinski definition) is 0. The van der Waals surface area contributed by atoms with E-state index >= 15 is 0 Å². The topological polar surface area (TPSA) is 65.1 Å². The average Bonchev–Trinajstić information content (AvgIpc) is 3.42. The van der Waals surface area contributed by atoms with E-state index in [1.165, 1.54) is 12.8 Å². The van der Waals surface area contributed by atoms with Gasteiger partial charge in [-0.25, -0.2) is 0 Å². The largest absolute Gasteiger partial charge is 0.466 e. The van der Waals surface area contributed by atoms with Gasteiger partial charge in [0.05, 0.1) is 12.5 Å². The van der Waals surface area contributed by atoms with Crippen LogP contribution >= 0.6 is 0 Å². The predicted octanol–water partition coefficient (Wildman–Crippen LogP) is 3.91. The van der Waals surface area contributed by atoms with Gasteiger partial charge in [0.25, 0.3) is 0 Å². The van der Waals surface area contributed by atoms with Gasteiger partial charge in [-0.1, -0.05) is 31.7 Å². The van der Waals surface area contributed by atoms with Crippen molar-refractivity contribution in [3.63, 3.8) is 0 Å². The molecule has 2 aliphatic carbocycles. The third-order valence-electron chi connectivity index (χ3n) is 6.29. The first kappa shape index (κ1) is 20.0. The number of esters is 1. The maximum atomic E-state index is 13.4. The molecular weight excluding hydrogens is 370 g/mol. The molecule has 6 heteroatoms. The Balaban J connectivity index is 1.46. The van der Waals surface area contributed by atoms with Crippen molar-refractivity contribution in [3.05, 3.63) is 23.8 Å². The summed E-state index contributed by atoms with van der Waals surface area (Å²) in [5.74, 6) is 1.85. The second-order valence-corrected chi connectivity index (χ2v) is 8.45. The van der Waals surface area contributed by atoms with E-state index in [1.807, 2.05) is 30.0 Å². The van der Waals surface area contributed by atoms with E-state index in [9.17, 15) is 9.59 Å². The number of carbonyl (C=O) groups excluding carboxylic acids is 2. The number of fused-ring (bicyclic) bond motifs is 1. The lowest BCUT2D eigenvalue weighted by Gasteiger charge is -2.27. The molecule has 158 valence electrons. The van der Waals surface area contributed by atoms with Gasteiger partial charge >= 0.3 is 5.97 Å². The first-order valence-corrected chi connectivity index (χ1v) is 11.0. The van der Waals surface area contributed by atoms with Crippen molar-refractivity contribution in [1.82, 2.24) is 4.90 Å². The lowest BCUT2D eigenvalue weighted by atomic mass is 9.98. The van der Waals surface area contributed by atoms with Gasteiger partial charge in [-0.05, 0) is 49.8 Å². The molecule has 0 spiro atoms. The number of ether oxygens (including phenoxy) is 3. The lowest BCUT2D eigenvalue weighted by molar-refractivity contribution is -0.145. The van der Waals surface area contributed by atoms with Gasteiger partial charge in [0.1, 0.15) is 0 Å². The van der Waals surface area contributed by atoms with Crippen LogP contribution in [-0.2, 0) is 20.9 Å². The molecule has 1 aromatic rings. The monoisotopic (exact) mass is 401 g/mol. The highest BCUT2D eigenvalue weighted by Gasteiger charge is 2.45. The molecule has 2 saturated carbocycles. The summed E-state index contributed by atoms with van der Waals surface area (Å²) in [5, 5.41) is 0. The summed E-state index contributed by atoms with van der Waals surface area (Å²) in [6, 6.07) is 5.87. The molecule has 0 N–H and O–H groups in total. The zero-order valence-corrected chi connectivity index (χ0v) is 17.2. The van der Waals surface area contributed by atoms with Gasteiger partial charge < -0.3 is 19.1 Å². The summed E-state index contributed by atoms with van der Waals surface area (Å²) in [7, 11) is 0. The van der Waals surface area contributed by atoms with Crippen molar-refractivity contribution in [2.75, 3.05) is 19.9 Å². The quantitative estimate of drug-likeness (QED) is 0.512. The second kappa shape index (κ2) is 9.06. The normalized spacial score (nSPS) is 23.3. The number of carbonyl (C=O) groups is 2. The highest BCUT2D eigenvalue weighted by molar-refractivity contribution is 5.79. The van der Waals surface area contributed by atoms with E-state index in [2.05, 4.69) is 0 Å². The fourth-order valence-electron chi connectivity index (χ4n) is 4.55. The van der Waals surface area contributed by atoms with Gasteiger partial charge in [0.15, 0.2) is 11.5 Å². The number of hydrogen-bond acceptors (Lipinski definition) is 5. The van der Waals surface area contributed by atoms with E-state index in [0.29, 0.717) is 19.7 Å². The molecule has 1 aliphatic heterocycles. The zero-order chi connectivity index (χ0) is 20.2. The zero-order valence-electron chi connectivity index (χ0n) is 17.2. The minimum absolute atomic E-state index is 0.0591. The number of rotatable bonds is 7. The third-order valence-corrected chi connectivity index (χ3v) is 6.29. The van der Waals surface area contributed by atoms with Crippen LogP contribution in [0, 0.1) is 17.8 Å². The smallest absolute Gasteiger partial charge is 0.309 e. The van der Waals surface area contributed by atoms with Gasteiger partial charge in [0, 0.05) is 19.0 Å². The van der Waals surface area contributed by atoms with Crippen molar-refractivity contribution in [3.8, 4) is 11.5 Å². The standard InChI is InChI=1S/C23H31NO5/c1-2-27-23(26)19-12-18(19)14-24(22(25)17-7-5-3-4-6-8-17)13-16-9-10-20-21(11-16)29-15-28-20/h9-11,17-19H,2-8,12-15H2,1H3/t18-,19+/m0/s1. The Kier molecular flexibility index (Phi) is 6.26. The number of amides is 1. The van der Waals surface area contributed by atoms with Crippen molar-refractivity contribution in [2.45, 2.75) is 58.4 Å². The Morgan fingerprint density at radius 2 is 1.86 bits per heavy atom.